The van der Waals surface area contributed by atoms with Gasteiger partial charge in [0.25, 0.3) is 0 Å². The molecule has 1 aliphatic heterocycles. The summed E-state index contributed by atoms with van der Waals surface area (Å²) < 4.78 is 5.13. The van der Waals surface area contributed by atoms with Gasteiger partial charge in [0.15, 0.2) is 0 Å². The molecule has 2 rings (SSSR count). The molecule has 1 aliphatic rings. The number of likely N-dealkylation sites (tertiary alicyclic amines) is 1. The number of carbonyl (C=O) groups is 1. The van der Waals surface area contributed by atoms with Crippen LogP contribution < -0.4 is 4.74 Å². The zero-order chi connectivity index (χ0) is 14.0. The van der Waals surface area contributed by atoms with Crippen LogP contribution in [0.4, 0.5) is 0 Å². The van der Waals surface area contributed by atoms with Crippen LogP contribution in [0.2, 0.25) is 0 Å². The van der Waals surface area contributed by atoms with Gasteiger partial charge >= 0.3 is 0 Å². The fourth-order valence-electron chi connectivity index (χ4n) is 2.52. The highest BCUT2D eigenvalue weighted by atomic mass is 16.5. The maximum atomic E-state index is 12.0. The highest BCUT2D eigenvalue weighted by Gasteiger charge is 2.35. The molecule has 0 aliphatic carbocycles. The van der Waals surface area contributed by atoms with Crippen molar-refractivity contribution in [3.63, 3.8) is 0 Å². The van der Waals surface area contributed by atoms with Gasteiger partial charge in [0.2, 0.25) is 5.91 Å². The predicted octanol–water partition coefficient (Wildman–Crippen LogP) is 1.99. The molecule has 0 aromatic heterocycles. The van der Waals surface area contributed by atoms with Gasteiger partial charge in [-0.3, -0.25) is 4.79 Å². The highest BCUT2D eigenvalue weighted by molar-refractivity contribution is 5.79. The molecule has 4 heteroatoms. The summed E-state index contributed by atoms with van der Waals surface area (Å²) in [6, 6.07) is 7.79. The van der Waals surface area contributed by atoms with E-state index in [1.54, 1.807) is 14.0 Å². The first-order valence-corrected chi connectivity index (χ1v) is 6.64. The lowest BCUT2D eigenvalue weighted by Gasteiger charge is -2.25. The third-order valence-electron chi connectivity index (χ3n) is 3.94. The van der Waals surface area contributed by atoms with Crippen LogP contribution in [0.1, 0.15) is 31.9 Å². The van der Waals surface area contributed by atoms with Crippen LogP contribution in [0.5, 0.6) is 5.75 Å². The second-order valence-corrected chi connectivity index (χ2v) is 5.20. The Morgan fingerprint density at radius 3 is 2.42 bits per heavy atom. The topological polar surface area (TPSA) is 49.8 Å². The maximum Gasteiger partial charge on any atom is 0.223 e. The Morgan fingerprint density at radius 2 is 1.95 bits per heavy atom. The Bertz CT molecular complexity index is 441. The molecular weight excluding hydrogens is 242 g/mol. The summed E-state index contributed by atoms with van der Waals surface area (Å²) >= 11 is 0. The van der Waals surface area contributed by atoms with E-state index in [0.717, 1.165) is 11.3 Å². The molecule has 1 heterocycles. The van der Waals surface area contributed by atoms with Gasteiger partial charge in [-0.15, -0.1) is 0 Å². The summed E-state index contributed by atoms with van der Waals surface area (Å²) in [7, 11) is 1.63. The second kappa shape index (κ2) is 5.61. The van der Waals surface area contributed by atoms with Gasteiger partial charge in [-0.05, 0) is 31.5 Å². The van der Waals surface area contributed by atoms with Gasteiger partial charge in [-0.2, -0.15) is 0 Å². The molecule has 3 atom stereocenters. The van der Waals surface area contributed by atoms with Crippen LogP contribution in [-0.2, 0) is 4.79 Å². The van der Waals surface area contributed by atoms with E-state index in [1.807, 2.05) is 36.1 Å². The largest absolute Gasteiger partial charge is 0.497 e. The zero-order valence-corrected chi connectivity index (χ0v) is 11.7. The van der Waals surface area contributed by atoms with Gasteiger partial charge in [-0.25, -0.2) is 0 Å². The van der Waals surface area contributed by atoms with Crippen molar-refractivity contribution in [3.8, 4) is 5.75 Å². The van der Waals surface area contributed by atoms with Crippen molar-refractivity contribution in [1.29, 1.82) is 0 Å². The number of methoxy groups -OCH3 is 1. The van der Waals surface area contributed by atoms with Crippen LogP contribution in [0.25, 0.3) is 0 Å². The monoisotopic (exact) mass is 263 g/mol. The molecular formula is C15H21NO3. The number of aliphatic hydroxyl groups is 1. The molecule has 0 saturated carbocycles. The average molecular weight is 263 g/mol. The van der Waals surface area contributed by atoms with E-state index in [9.17, 15) is 9.90 Å². The number of nitrogens with zero attached hydrogens (tertiary/aromatic N) is 1. The van der Waals surface area contributed by atoms with Crippen molar-refractivity contribution >= 4 is 5.91 Å². The lowest BCUT2D eigenvalue weighted by Crippen LogP contribution is -2.29. The van der Waals surface area contributed by atoms with Crippen molar-refractivity contribution in [2.24, 2.45) is 5.92 Å². The molecule has 0 radical (unpaired) electrons. The molecule has 104 valence electrons. The van der Waals surface area contributed by atoms with Gasteiger partial charge in [0.05, 0.1) is 19.3 Å². The summed E-state index contributed by atoms with van der Waals surface area (Å²) in [6.07, 6.45) is 0.00930. The van der Waals surface area contributed by atoms with Crippen molar-refractivity contribution in [1.82, 2.24) is 4.90 Å². The first kappa shape index (κ1) is 13.9. The Labute approximate surface area is 114 Å². The molecule has 1 aromatic rings. The molecule has 0 bridgehead atoms. The maximum absolute atomic E-state index is 12.0. The number of hydrogen-bond acceptors (Lipinski definition) is 3. The highest BCUT2D eigenvalue weighted by Crippen LogP contribution is 2.30. The molecule has 0 spiro atoms. The first-order valence-electron chi connectivity index (χ1n) is 6.64. The quantitative estimate of drug-likeness (QED) is 0.903. The Balaban J connectivity index is 2.10. The van der Waals surface area contributed by atoms with E-state index < -0.39 is 6.10 Å². The van der Waals surface area contributed by atoms with E-state index in [2.05, 4.69) is 0 Å². The predicted molar refractivity (Wildman–Crippen MR) is 72.9 cm³/mol. The molecule has 1 aromatic carbocycles. The Hall–Kier alpha value is -1.55. The van der Waals surface area contributed by atoms with Gasteiger partial charge in [-0.1, -0.05) is 12.1 Å². The molecule has 1 N–H and O–H groups in total. The fourth-order valence-corrected chi connectivity index (χ4v) is 2.52. The zero-order valence-electron chi connectivity index (χ0n) is 11.7. The van der Waals surface area contributed by atoms with E-state index >= 15 is 0 Å². The lowest BCUT2D eigenvalue weighted by atomic mass is 10.0. The van der Waals surface area contributed by atoms with Gasteiger partial charge in [0, 0.05) is 18.9 Å². The number of aliphatic hydroxyl groups excluding tert-OH is 1. The minimum Gasteiger partial charge on any atom is -0.497 e. The third kappa shape index (κ3) is 2.89. The number of rotatable bonds is 4. The molecule has 4 nitrogen and oxygen atoms in total. The smallest absolute Gasteiger partial charge is 0.223 e. The minimum atomic E-state index is -0.433. The summed E-state index contributed by atoms with van der Waals surface area (Å²) in [5.74, 6) is 0.980. The number of carbonyl (C=O) groups excluding carboxylic acids is 1. The van der Waals surface area contributed by atoms with E-state index in [0.29, 0.717) is 13.0 Å². The van der Waals surface area contributed by atoms with E-state index in [4.69, 9.17) is 4.74 Å². The standard InChI is InChI=1S/C15H21NO3/c1-10(12-4-6-14(19-3)7-5-12)16-9-13(11(2)17)8-15(16)18/h4-7,10-11,13,17H,8-9H2,1-3H3/t10-,11+,13-/m0/s1. The number of ether oxygens (including phenoxy) is 1. The van der Waals surface area contributed by atoms with Crippen LogP contribution >= 0.6 is 0 Å². The van der Waals surface area contributed by atoms with Crippen molar-refractivity contribution < 1.29 is 14.6 Å². The second-order valence-electron chi connectivity index (χ2n) is 5.20. The number of amides is 1. The number of hydrogen-bond donors (Lipinski definition) is 1. The third-order valence-corrected chi connectivity index (χ3v) is 3.94. The lowest BCUT2D eigenvalue weighted by molar-refractivity contribution is -0.129. The normalized spacial score (nSPS) is 22.4. The summed E-state index contributed by atoms with van der Waals surface area (Å²) in [6.45, 7) is 4.40. The average Bonchev–Trinajstić information content (AvgIpc) is 2.80. The SMILES string of the molecule is COc1ccc([C@H](C)N2C[C@@H]([C@@H](C)O)CC2=O)cc1. The summed E-state index contributed by atoms with van der Waals surface area (Å²) in [5, 5.41) is 9.61. The molecule has 1 fully saturated rings. The Morgan fingerprint density at radius 1 is 1.32 bits per heavy atom. The van der Waals surface area contributed by atoms with Crippen LogP contribution in [-0.4, -0.2) is 35.7 Å². The van der Waals surface area contributed by atoms with Gasteiger partial charge in [0.1, 0.15) is 5.75 Å². The van der Waals surface area contributed by atoms with Crippen molar-refractivity contribution in [2.75, 3.05) is 13.7 Å². The van der Waals surface area contributed by atoms with Crippen molar-refractivity contribution in [3.05, 3.63) is 29.8 Å². The van der Waals surface area contributed by atoms with E-state index in [1.165, 1.54) is 0 Å². The van der Waals surface area contributed by atoms with E-state index in [-0.39, 0.29) is 17.9 Å². The first-order chi connectivity index (χ1) is 9.02. The summed E-state index contributed by atoms with van der Waals surface area (Å²) in [4.78, 5) is 13.9. The molecule has 0 unspecified atom stereocenters. The van der Waals surface area contributed by atoms with Crippen LogP contribution in [0.3, 0.4) is 0 Å². The van der Waals surface area contributed by atoms with Crippen molar-refractivity contribution in [2.45, 2.75) is 32.4 Å². The van der Waals surface area contributed by atoms with Crippen LogP contribution in [0.15, 0.2) is 24.3 Å². The van der Waals surface area contributed by atoms with Crippen LogP contribution in [0, 0.1) is 5.92 Å². The fraction of sp³-hybridized carbons (Fsp3) is 0.533. The molecule has 1 saturated heterocycles. The minimum absolute atomic E-state index is 0.0298. The summed E-state index contributed by atoms with van der Waals surface area (Å²) in [5.41, 5.74) is 1.08. The number of benzene rings is 1. The van der Waals surface area contributed by atoms with Gasteiger partial charge < -0.3 is 14.7 Å². The molecule has 19 heavy (non-hydrogen) atoms. The molecule has 1 amide bonds. The Kier molecular flexibility index (Phi) is 4.10.